The van der Waals surface area contributed by atoms with Crippen LogP contribution < -0.4 is 10.6 Å². The number of carbonyl (C=O) groups is 2. The highest BCUT2D eigenvalue weighted by Crippen LogP contribution is 2.47. The van der Waals surface area contributed by atoms with E-state index in [1.807, 2.05) is 23.5 Å². The standard InChI is InChI=1S/C28H20N4O2S6/c33-25-21-22(24(32-25)20-12-30-28(40-20)18-8-6-16(38-18)14-4-2-10-36-14)26(34)31-23(21)19-11-29-27(39-19)17-7-5-15(37-17)13-3-1-9-35-13/h1-3,5,7-11,14,16,20H,4,6,12H2,(H,31,34)(H,32,33). The Morgan fingerprint density at radius 3 is 2.62 bits per heavy atom. The van der Waals surface area contributed by atoms with Gasteiger partial charge in [-0.05, 0) is 41.8 Å². The normalized spacial score (nSPS) is 25.6. The first-order valence-corrected chi connectivity index (χ1v) is 17.9. The van der Waals surface area contributed by atoms with E-state index in [4.69, 9.17) is 4.99 Å². The maximum atomic E-state index is 13.2. The molecule has 8 heterocycles. The van der Waals surface area contributed by atoms with Crippen molar-refractivity contribution in [1.29, 1.82) is 0 Å². The SMILES string of the molecule is O=C1NC(C2CN=C(C3=CCC(C4CC=CS4)S3)S2)=C2C(=O)NC(c3cnc(-c4ccc(-c5cccs5)s4)s3)=C12. The number of fused-ring (bicyclic) bond motifs is 1. The summed E-state index contributed by atoms with van der Waals surface area (Å²) in [6.07, 6.45) is 8.50. The topological polar surface area (TPSA) is 83.5 Å². The van der Waals surface area contributed by atoms with Gasteiger partial charge in [-0.15, -0.1) is 57.5 Å². The lowest BCUT2D eigenvalue weighted by Gasteiger charge is -2.17. The number of nitrogens with one attached hydrogen (secondary N) is 2. The van der Waals surface area contributed by atoms with E-state index < -0.39 is 0 Å². The van der Waals surface area contributed by atoms with Crippen molar-refractivity contribution in [1.82, 2.24) is 15.6 Å². The molecule has 0 aromatic carbocycles. The first-order valence-electron chi connectivity index (χ1n) is 12.7. The number of allylic oxidation sites excluding steroid dienone is 2. The highest BCUT2D eigenvalue weighted by Gasteiger charge is 2.44. The molecule has 0 radical (unpaired) electrons. The highest BCUT2D eigenvalue weighted by atomic mass is 32.2. The number of aliphatic imine (C=N–C) groups is 1. The minimum Gasteiger partial charge on any atom is -0.324 e. The summed E-state index contributed by atoms with van der Waals surface area (Å²) in [5.41, 5.74) is 2.11. The second kappa shape index (κ2) is 10.2. The maximum absolute atomic E-state index is 13.2. The highest BCUT2D eigenvalue weighted by molar-refractivity contribution is 8.19. The first kappa shape index (κ1) is 25.4. The summed E-state index contributed by atoms with van der Waals surface area (Å²) in [6, 6.07) is 8.36. The van der Waals surface area contributed by atoms with Crippen LogP contribution in [0.4, 0.5) is 0 Å². The van der Waals surface area contributed by atoms with E-state index in [1.54, 1.807) is 40.6 Å². The van der Waals surface area contributed by atoms with Gasteiger partial charge >= 0.3 is 0 Å². The van der Waals surface area contributed by atoms with Gasteiger partial charge in [0.2, 0.25) is 0 Å². The molecular formula is C28H20N4O2S6. The van der Waals surface area contributed by atoms with E-state index >= 15 is 0 Å². The number of nitrogens with zero attached hydrogens (tertiary/aromatic N) is 2. The predicted molar refractivity (Wildman–Crippen MR) is 172 cm³/mol. The van der Waals surface area contributed by atoms with Gasteiger partial charge in [0, 0.05) is 37.1 Å². The van der Waals surface area contributed by atoms with Crippen molar-refractivity contribution in [2.75, 3.05) is 6.54 Å². The average Bonchev–Trinajstić information content (AvgIpc) is 3.82. The number of aromatic nitrogens is 1. The number of hydrogen-bond acceptors (Lipinski definition) is 10. The zero-order chi connectivity index (χ0) is 26.8. The van der Waals surface area contributed by atoms with E-state index in [0.717, 1.165) is 32.6 Å². The summed E-state index contributed by atoms with van der Waals surface area (Å²) < 4.78 is 0. The Labute approximate surface area is 255 Å². The van der Waals surface area contributed by atoms with E-state index in [0.29, 0.717) is 39.6 Å². The molecule has 3 aromatic heterocycles. The third kappa shape index (κ3) is 4.31. The molecule has 2 N–H and O–H groups in total. The van der Waals surface area contributed by atoms with Crippen LogP contribution in [0.5, 0.6) is 0 Å². The molecule has 0 fully saturated rings. The number of amides is 2. The lowest BCUT2D eigenvalue weighted by atomic mass is 10.1. The molecule has 5 aliphatic heterocycles. The summed E-state index contributed by atoms with van der Waals surface area (Å²) in [4.78, 5) is 41.4. The number of carbonyl (C=O) groups excluding carboxylic acids is 2. The Hall–Kier alpha value is -2.35. The van der Waals surface area contributed by atoms with Crippen molar-refractivity contribution in [3.8, 4) is 19.6 Å². The van der Waals surface area contributed by atoms with Crippen LogP contribution in [0, 0.1) is 0 Å². The second-order valence-electron chi connectivity index (χ2n) is 9.61. The number of thiophene rings is 2. The number of hydrogen-bond donors (Lipinski definition) is 2. The Morgan fingerprint density at radius 2 is 1.77 bits per heavy atom. The van der Waals surface area contributed by atoms with Crippen LogP contribution in [0.15, 0.2) is 80.1 Å². The van der Waals surface area contributed by atoms with Crippen molar-refractivity contribution >= 4 is 91.9 Å². The van der Waals surface area contributed by atoms with Crippen LogP contribution in [0.3, 0.4) is 0 Å². The van der Waals surface area contributed by atoms with Gasteiger partial charge in [-0.3, -0.25) is 14.6 Å². The van der Waals surface area contributed by atoms with Crippen LogP contribution in [-0.4, -0.2) is 44.1 Å². The summed E-state index contributed by atoms with van der Waals surface area (Å²) in [5.74, 6) is -0.475. The van der Waals surface area contributed by atoms with Crippen LogP contribution in [0.1, 0.15) is 17.7 Å². The van der Waals surface area contributed by atoms with Gasteiger partial charge in [0.15, 0.2) is 0 Å². The molecule has 0 saturated heterocycles. The van der Waals surface area contributed by atoms with E-state index in [-0.39, 0.29) is 17.1 Å². The largest absolute Gasteiger partial charge is 0.324 e. The van der Waals surface area contributed by atoms with Crippen molar-refractivity contribution in [2.24, 2.45) is 4.99 Å². The molecule has 12 heteroatoms. The smallest absolute Gasteiger partial charge is 0.258 e. The molecule has 3 atom stereocenters. The Bertz CT molecular complexity index is 1720. The van der Waals surface area contributed by atoms with E-state index in [2.05, 4.69) is 62.8 Å². The zero-order valence-electron chi connectivity index (χ0n) is 20.7. The zero-order valence-corrected chi connectivity index (χ0v) is 25.6. The van der Waals surface area contributed by atoms with Gasteiger partial charge in [0.1, 0.15) is 10.1 Å². The monoisotopic (exact) mass is 636 g/mol. The van der Waals surface area contributed by atoms with Gasteiger partial charge in [-0.2, -0.15) is 0 Å². The average molecular weight is 637 g/mol. The van der Waals surface area contributed by atoms with Crippen LogP contribution in [0.25, 0.3) is 25.3 Å². The molecule has 0 saturated carbocycles. The summed E-state index contributed by atoms with van der Waals surface area (Å²) in [6.45, 7) is 0.549. The fraction of sp³-hybridized carbons (Fsp3) is 0.214. The minimum absolute atomic E-state index is 0.0848. The third-order valence-corrected chi connectivity index (χ3v) is 14.7. The van der Waals surface area contributed by atoms with Crippen molar-refractivity contribution in [3.05, 3.63) is 80.0 Å². The lowest BCUT2D eigenvalue weighted by Crippen LogP contribution is -2.27. The van der Waals surface area contributed by atoms with Crippen LogP contribution >= 0.6 is 69.3 Å². The van der Waals surface area contributed by atoms with Crippen molar-refractivity contribution in [2.45, 2.75) is 28.6 Å². The molecule has 0 bridgehead atoms. The van der Waals surface area contributed by atoms with Gasteiger partial charge in [0.05, 0.1) is 38.4 Å². The Morgan fingerprint density at radius 1 is 0.875 bits per heavy atom. The number of thiazole rings is 1. The summed E-state index contributed by atoms with van der Waals surface area (Å²) >= 11 is 10.4. The molecule has 3 unspecified atom stereocenters. The molecular weight excluding hydrogens is 617 g/mol. The van der Waals surface area contributed by atoms with E-state index in [1.165, 1.54) is 26.0 Å². The molecule has 0 aliphatic carbocycles. The first-order chi connectivity index (χ1) is 19.6. The molecule has 200 valence electrons. The molecule has 6 nitrogen and oxygen atoms in total. The van der Waals surface area contributed by atoms with Gasteiger partial charge in [-0.25, -0.2) is 4.98 Å². The van der Waals surface area contributed by atoms with Crippen molar-refractivity contribution in [3.63, 3.8) is 0 Å². The molecule has 5 aliphatic rings. The van der Waals surface area contributed by atoms with Crippen LogP contribution in [-0.2, 0) is 9.59 Å². The molecule has 2 amide bonds. The molecule has 3 aromatic rings. The second-order valence-corrected chi connectivity index (χ2v) is 16.3. The maximum Gasteiger partial charge on any atom is 0.258 e. The third-order valence-electron chi connectivity index (χ3n) is 7.18. The van der Waals surface area contributed by atoms with E-state index in [9.17, 15) is 9.59 Å². The molecule has 40 heavy (non-hydrogen) atoms. The Kier molecular flexibility index (Phi) is 6.45. The van der Waals surface area contributed by atoms with Crippen LogP contribution in [0.2, 0.25) is 0 Å². The van der Waals surface area contributed by atoms with Gasteiger partial charge in [0.25, 0.3) is 11.8 Å². The Balaban J connectivity index is 1.02. The minimum atomic E-state index is -0.237. The predicted octanol–water partition coefficient (Wildman–Crippen LogP) is 6.75. The number of rotatable bonds is 6. The fourth-order valence-electron chi connectivity index (χ4n) is 5.29. The molecule has 0 spiro atoms. The summed E-state index contributed by atoms with van der Waals surface area (Å²) in [5, 5.41) is 13.3. The van der Waals surface area contributed by atoms with Crippen molar-refractivity contribution < 1.29 is 9.59 Å². The lowest BCUT2D eigenvalue weighted by molar-refractivity contribution is -0.117. The quantitative estimate of drug-likeness (QED) is 0.312. The summed E-state index contributed by atoms with van der Waals surface area (Å²) in [7, 11) is 0. The number of thioether (sulfide) groups is 3. The van der Waals surface area contributed by atoms with Gasteiger partial charge < -0.3 is 10.6 Å². The van der Waals surface area contributed by atoms with Gasteiger partial charge in [-0.1, -0.05) is 30.0 Å². The fourth-order valence-corrected chi connectivity index (χ4v) is 11.9. The molecule has 8 rings (SSSR count).